The second-order valence-corrected chi connectivity index (χ2v) is 5.73. The van der Waals surface area contributed by atoms with E-state index in [1.165, 1.54) is 5.56 Å². The highest BCUT2D eigenvalue weighted by Gasteiger charge is 2.08. The van der Waals surface area contributed by atoms with Crippen LogP contribution in [-0.4, -0.2) is 4.98 Å². The molecule has 0 radical (unpaired) electrons. The van der Waals surface area contributed by atoms with Crippen LogP contribution in [-0.2, 0) is 6.54 Å². The Balaban J connectivity index is 2.04. The largest absolute Gasteiger partial charge is 0.438 e. The summed E-state index contributed by atoms with van der Waals surface area (Å²) in [7, 11) is 0. The maximum atomic E-state index is 5.90. The van der Waals surface area contributed by atoms with Gasteiger partial charge in [0.05, 0.1) is 9.99 Å². The lowest BCUT2D eigenvalue weighted by Crippen LogP contribution is -2.00. The van der Waals surface area contributed by atoms with Crippen molar-refractivity contribution in [3.63, 3.8) is 0 Å². The molecule has 0 unspecified atom stereocenters. The van der Waals surface area contributed by atoms with E-state index < -0.39 is 0 Å². The molecule has 2 N–H and O–H groups in total. The van der Waals surface area contributed by atoms with Crippen molar-refractivity contribution in [2.45, 2.75) is 13.5 Å². The van der Waals surface area contributed by atoms with E-state index in [1.807, 2.05) is 55.5 Å². The molecule has 1 heterocycles. The van der Waals surface area contributed by atoms with Crippen LogP contribution in [0.3, 0.4) is 0 Å². The van der Waals surface area contributed by atoms with Crippen molar-refractivity contribution in [3.8, 4) is 11.6 Å². The molecule has 3 rings (SSSR count). The second-order valence-electron chi connectivity index (χ2n) is 4.88. The van der Waals surface area contributed by atoms with E-state index in [2.05, 4.69) is 20.9 Å². The van der Waals surface area contributed by atoms with Gasteiger partial charge in [0.15, 0.2) is 0 Å². The number of hydrogen-bond donors (Lipinski definition) is 1. The van der Waals surface area contributed by atoms with Gasteiger partial charge >= 0.3 is 0 Å². The first-order valence-electron chi connectivity index (χ1n) is 6.70. The Morgan fingerprint density at radius 3 is 2.71 bits per heavy atom. The monoisotopic (exact) mass is 342 g/mol. The first kappa shape index (κ1) is 14.0. The smallest absolute Gasteiger partial charge is 0.220 e. The highest BCUT2D eigenvalue weighted by Crippen LogP contribution is 2.31. The summed E-state index contributed by atoms with van der Waals surface area (Å²) >= 11 is 3.51. The van der Waals surface area contributed by atoms with Crippen LogP contribution >= 0.6 is 15.9 Å². The lowest BCUT2D eigenvalue weighted by molar-refractivity contribution is 0.461. The number of nitrogens with zero attached hydrogens (tertiary/aromatic N) is 1. The van der Waals surface area contributed by atoms with Gasteiger partial charge in [0.25, 0.3) is 0 Å². The van der Waals surface area contributed by atoms with Crippen molar-refractivity contribution in [2.75, 3.05) is 0 Å². The number of benzene rings is 2. The van der Waals surface area contributed by atoms with Gasteiger partial charge in [-0.15, -0.1) is 0 Å². The number of pyridine rings is 1. The fourth-order valence-electron chi connectivity index (χ4n) is 2.24. The van der Waals surface area contributed by atoms with Gasteiger partial charge in [0, 0.05) is 18.0 Å². The SMILES string of the molecule is Cc1ccc(Oc2cc(CN)c3ccccc3n2)c(Br)c1. The number of para-hydroxylation sites is 1. The zero-order chi connectivity index (χ0) is 14.8. The third-order valence-electron chi connectivity index (χ3n) is 3.30. The van der Waals surface area contributed by atoms with E-state index >= 15 is 0 Å². The first-order valence-corrected chi connectivity index (χ1v) is 7.49. The van der Waals surface area contributed by atoms with E-state index in [0.717, 1.165) is 26.7 Å². The van der Waals surface area contributed by atoms with Crippen molar-refractivity contribution in [1.82, 2.24) is 4.98 Å². The number of halogens is 1. The predicted octanol–water partition coefficient (Wildman–Crippen LogP) is 4.56. The number of aryl methyl sites for hydroxylation is 1. The Bertz CT molecular complexity index is 802. The van der Waals surface area contributed by atoms with E-state index in [1.54, 1.807) is 0 Å². The van der Waals surface area contributed by atoms with E-state index in [0.29, 0.717) is 12.4 Å². The Labute approximate surface area is 131 Å². The topological polar surface area (TPSA) is 48.1 Å². The molecular formula is C17H15BrN2O. The highest BCUT2D eigenvalue weighted by molar-refractivity contribution is 9.10. The molecule has 4 heteroatoms. The fourth-order valence-corrected chi connectivity index (χ4v) is 2.82. The molecule has 0 saturated carbocycles. The first-order chi connectivity index (χ1) is 10.2. The van der Waals surface area contributed by atoms with Gasteiger partial charge in [-0.25, -0.2) is 4.98 Å². The molecule has 2 aromatic carbocycles. The average molecular weight is 343 g/mol. The summed E-state index contributed by atoms with van der Waals surface area (Å²) in [5.74, 6) is 1.30. The standard InChI is InChI=1S/C17H15BrN2O/c1-11-6-7-16(14(18)8-11)21-17-9-12(10-19)13-4-2-3-5-15(13)20-17/h2-9H,10,19H2,1H3. The van der Waals surface area contributed by atoms with Crippen molar-refractivity contribution >= 4 is 26.8 Å². The zero-order valence-electron chi connectivity index (χ0n) is 11.6. The Hall–Kier alpha value is -1.91. The average Bonchev–Trinajstić information content (AvgIpc) is 2.49. The molecule has 0 atom stereocenters. The molecule has 0 aliphatic carbocycles. The van der Waals surface area contributed by atoms with Crippen LogP contribution < -0.4 is 10.5 Å². The van der Waals surface area contributed by atoms with Crippen molar-refractivity contribution < 1.29 is 4.74 Å². The third-order valence-corrected chi connectivity index (χ3v) is 3.92. The maximum absolute atomic E-state index is 5.90. The summed E-state index contributed by atoms with van der Waals surface area (Å²) in [6.07, 6.45) is 0. The lowest BCUT2D eigenvalue weighted by Gasteiger charge is -2.11. The van der Waals surface area contributed by atoms with Gasteiger partial charge in [-0.2, -0.15) is 0 Å². The Morgan fingerprint density at radius 2 is 1.95 bits per heavy atom. The van der Waals surface area contributed by atoms with Crippen LogP contribution in [0.15, 0.2) is 53.0 Å². The summed E-state index contributed by atoms with van der Waals surface area (Å²) in [5.41, 5.74) is 8.92. The molecule has 106 valence electrons. The van der Waals surface area contributed by atoms with Crippen LogP contribution in [0.25, 0.3) is 10.9 Å². The minimum absolute atomic E-state index is 0.453. The van der Waals surface area contributed by atoms with Crippen LogP contribution in [0.1, 0.15) is 11.1 Å². The summed E-state index contributed by atoms with van der Waals surface area (Å²) in [6, 6.07) is 15.8. The summed E-state index contributed by atoms with van der Waals surface area (Å²) in [5, 5.41) is 1.07. The second kappa shape index (κ2) is 5.84. The number of fused-ring (bicyclic) bond motifs is 1. The van der Waals surface area contributed by atoms with Crippen molar-refractivity contribution in [3.05, 3.63) is 64.1 Å². The van der Waals surface area contributed by atoms with Gasteiger partial charge in [-0.3, -0.25) is 0 Å². The minimum atomic E-state index is 0.453. The molecular weight excluding hydrogens is 328 g/mol. The normalized spacial score (nSPS) is 10.8. The fraction of sp³-hybridized carbons (Fsp3) is 0.118. The van der Waals surface area contributed by atoms with Gasteiger partial charge < -0.3 is 10.5 Å². The number of aromatic nitrogens is 1. The van der Waals surface area contributed by atoms with E-state index in [4.69, 9.17) is 10.5 Å². The van der Waals surface area contributed by atoms with Crippen LogP contribution in [0, 0.1) is 6.92 Å². The van der Waals surface area contributed by atoms with Gasteiger partial charge in [-0.1, -0.05) is 24.3 Å². The molecule has 0 saturated heterocycles. The molecule has 21 heavy (non-hydrogen) atoms. The van der Waals surface area contributed by atoms with Crippen LogP contribution in [0.5, 0.6) is 11.6 Å². The van der Waals surface area contributed by atoms with Crippen LogP contribution in [0.2, 0.25) is 0 Å². The quantitative estimate of drug-likeness (QED) is 0.759. The highest BCUT2D eigenvalue weighted by atomic mass is 79.9. The van der Waals surface area contributed by atoms with Gasteiger partial charge in [0.2, 0.25) is 5.88 Å². The van der Waals surface area contributed by atoms with Crippen LogP contribution in [0.4, 0.5) is 0 Å². The van der Waals surface area contributed by atoms with Crippen molar-refractivity contribution in [2.24, 2.45) is 5.73 Å². The van der Waals surface area contributed by atoms with Gasteiger partial charge in [0.1, 0.15) is 5.75 Å². The minimum Gasteiger partial charge on any atom is -0.438 e. The third kappa shape index (κ3) is 2.91. The molecule has 1 aromatic heterocycles. The molecule has 0 amide bonds. The Morgan fingerprint density at radius 1 is 1.14 bits per heavy atom. The maximum Gasteiger partial charge on any atom is 0.220 e. The molecule has 0 spiro atoms. The molecule has 3 nitrogen and oxygen atoms in total. The molecule has 0 aliphatic heterocycles. The number of ether oxygens (including phenoxy) is 1. The summed E-state index contributed by atoms with van der Waals surface area (Å²) in [6.45, 7) is 2.49. The molecule has 0 aliphatic rings. The van der Waals surface area contributed by atoms with E-state index in [-0.39, 0.29) is 0 Å². The molecule has 0 fully saturated rings. The van der Waals surface area contributed by atoms with Gasteiger partial charge in [-0.05, 0) is 52.2 Å². The lowest BCUT2D eigenvalue weighted by atomic mass is 10.1. The Kier molecular flexibility index (Phi) is 3.90. The number of hydrogen-bond acceptors (Lipinski definition) is 3. The predicted molar refractivity (Wildman–Crippen MR) is 88.6 cm³/mol. The summed E-state index contributed by atoms with van der Waals surface area (Å²) < 4.78 is 6.81. The molecule has 3 aromatic rings. The number of rotatable bonds is 3. The summed E-state index contributed by atoms with van der Waals surface area (Å²) in [4.78, 5) is 4.54. The van der Waals surface area contributed by atoms with Crippen molar-refractivity contribution in [1.29, 1.82) is 0 Å². The number of nitrogens with two attached hydrogens (primary N) is 1. The molecule has 0 bridgehead atoms. The zero-order valence-corrected chi connectivity index (χ0v) is 13.2. The van der Waals surface area contributed by atoms with E-state index in [9.17, 15) is 0 Å².